The molecule has 0 saturated carbocycles. The average molecular weight is 399 g/mol. The molecule has 1 aromatic heterocycles. The van der Waals surface area contributed by atoms with Crippen LogP contribution < -0.4 is 15.4 Å². The largest absolute Gasteiger partial charge is 0.497 e. The van der Waals surface area contributed by atoms with Gasteiger partial charge in [0.15, 0.2) is 6.29 Å². The van der Waals surface area contributed by atoms with Crippen molar-refractivity contribution in [1.82, 2.24) is 15.6 Å². The first kappa shape index (κ1) is 20.1. The van der Waals surface area contributed by atoms with Crippen LogP contribution in [-0.2, 0) is 20.7 Å². The van der Waals surface area contributed by atoms with Gasteiger partial charge in [-0.25, -0.2) is 0 Å². The third kappa shape index (κ3) is 5.04. The molecule has 2 aliphatic rings. The summed E-state index contributed by atoms with van der Waals surface area (Å²) in [4.78, 5) is 16.8. The molecule has 0 spiro atoms. The number of hydrogen-bond acceptors (Lipinski definition) is 6. The van der Waals surface area contributed by atoms with Crippen LogP contribution in [0.3, 0.4) is 0 Å². The van der Waals surface area contributed by atoms with E-state index in [1.54, 1.807) is 7.11 Å². The van der Waals surface area contributed by atoms with E-state index in [0.29, 0.717) is 13.2 Å². The van der Waals surface area contributed by atoms with E-state index in [4.69, 9.17) is 14.2 Å². The van der Waals surface area contributed by atoms with E-state index >= 15 is 0 Å². The first-order chi connectivity index (χ1) is 14.2. The standard InChI is InChI=1S/C22H29N3O4/c1-27-18-3-4-20-19(12-18)15(8-11-24-20)2-5-21-28-13-17(14-29-21)25-22(26)16-6-9-23-10-7-16/h3-4,8,11-12,16-17,21,23H,2,5-7,9-10,13-14H2,1H3,(H,25,26). The minimum absolute atomic E-state index is 0.0698. The predicted molar refractivity (Wildman–Crippen MR) is 110 cm³/mol. The Labute approximate surface area is 171 Å². The van der Waals surface area contributed by atoms with E-state index in [9.17, 15) is 4.79 Å². The summed E-state index contributed by atoms with van der Waals surface area (Å²) in [6, 6.07) is 7.88. The van der Waals surface area contributed by atoms with E-state index in [0.717, 1.165) is 55.4 Å². The fraction of sp³-hybridized carbons (Fsp3) is 0.545. The van der Waals surface area contributed by atoms with Crippen LogP contribution in [0.5, 0.6) is 5.75 Å². The van der Waals surface area contributed by atoms with Crippen molar-refractivity contribution in [1.29, 1.82) is 0 Å². The van der Waals surface area contributed by atoms with Crippen molar-refractivity contribution < 1.29 is 19.0 Å². The van der Waals surface area contributed by atoms with Crippen LogP contribution in [0.2, 0.25) is 0 Å². The first-order valence-electron chi connectivity index (χ1n) is 10.4. The lowest BCUT2D eigenvalue weighted by Gasteiger charge is -2.31. The molecule has 0 bridgehead atoms. The van der Waals surface area contributed by atoms with Crippen molar-refractivity contribution in [3.8, 4) is 5.75 Å². The number of ether oxygens (including phenoxy) is 3. The molecule has 0 unspecified atom stereocenters. The molecule has 3 heterocycles. The molecule has 2 aliphatic heterocycles. The Kier molecular flexibility index (Phi) is 6.59. The molecule has 1 amide bonds. The van der Waals surface area contributed by atoms with E-state index in [1.807, 2.05) is 30.5 Å². The molecule has 2 N–H and O–H groups in total. The number of aromatic nitrogens is 1. The number of nitrogens with zero attached hydrogens (tertiary/aromatic N) is 1. The summed E-state index contributed by atoms with van der Waals surface area (Å²) >= 11 is 0. The van der Waals surface area contributed by atoms with Gasteiger partial charge in [-0.2, -0.15) is 0 Å². The van der Waals surface area contributed by atoms with E-state index in [-0.39, 0.29) is 24.2 Å². The number of fused-ring (bicyclic) bond motifs is 1. The molecule has 0 radical (unpaired) electrons. The quantitative estimate of drug-likeness (QED) is 0.774. The van der Waals surface area contributed by atoms with Gasteiger partial charge in [-0.05, 0) is 62.2 Å². The number of hydrogen-bond donors (Lipinski definition) is 2. The fourth-order valence-corrected chi connectivity index (χ4v) is 4.00. The van der Waals surface area contributed by atoms with Crippen LogP contribution in [0, 0.1) is 5.92 Å². The SMILES string of the molecule is COc1ccc2nccc(CCC3OCC(NC(=O)C4CCNCC4)CO3)c2c1. The fourth-order valence-electron chi connectivity index (χ4n) is 4.00. The van der Waals surface area contributed by atoms with Gasteiger partial charge in [0.2, 0.25) is 5.91 Å². The second-order valence-electron chi connectivity index (χ2n) is 7.72. The Morgan fingerprint density at radius 1 is 1.24 bits per heavy atom. The Balaban J connectivity index is 1.27. The van der Waals surface area contributed by atoms with Gasteiger partial charge in [0, 0.05) is 23.9 Å². The number of piperidine rings is 1. The molecule has 4 rings (SSSR count). The summed E-state index contributed by atoms with van der Waals surface area (Å²) in [5.41, 5.74) is 2.15. The zero-order valence-electron chi connectivity index (χ0n) is 16.9. The third-order valence-electron chi connectivity index (χ3n) is 5.71. The van der Waals surface area contributed by atoms with Crippen molar-refractivity contribution in [3.05, 3.63) is 36.0 Å². The molecular weight excluding hydrogens is 370 g/mol. The maximum Gasteiger partial charge on any atom is 0.223 e. The lowest BCUT2D eigenvalue weighted by atomic mass is 9.97. The maximum absolute atomic E-state index is 12.4. The summed E-state index contributed by atoms with van der Waals surface area (Å²) < 4.78 is 17.1. The number of nitrogens with one attached hydrogen (secondary N) is 2. The van der Waals surface area contributed by atoms with Crippen molar-refractivity contribution in [2.24, 2.45) is 5.92 Å². The van der Waals surface area contributed by atoms with Gasteiger partial charge >= 0.3 is 0 Å². The molecule has 2 aromatic rings. The summed E-state index contributed by atoms with van der Waals surface area (Å²) in [5, 5.41) is 7.46. The Morgan fingerprint density at radius 3 is 2.79 bits per heavy atom. The third-order valence-corrected chi connectivity index (χ3v) is 5.71. The molecule has 0 aliphatic carbocycles. The lowest BCUT2D eigenvalue weighted by molar-refractivity contribution is -0.193. The van der Waals surface area contributed by atoms with Gasteiger partial charge in [-0.3, -0.25) is 9.78 Å². The summed E-state index contributed by atoms with van der Waals surface area (Å²) in [5.74, 6) is 1.05. The van der Waals surface area contributed by atoms with Gasteiger partial charge < -0.3 is 24.8 Å². The van der Waals surface area contributed by atoms with Gasteiger partial charge in [-0.15, -0.1) is 0 Å². The van der Waals surface area contributed by atoms with E-state index in [1.165, 1.54) is 5.56 Å². The number of benzene rings is 1. The molecule has 7 heteroatoms. The number of amides is 1. The second kappa shape index (κ2) is 9.52. The Bertz CT molecular complexity index is 830. The Hall–Kier alpha value is -2.22. The monoisotopic (exact) mass is 399 g/mol. The average Bonchev–Trinajstić information content (AvgIpc) is 2.78. The number of pyridine rings is 1. The highest BCUT2D eigenvalue weighted by atomic mass is 16.7. The van der Waals surface area contributed by atoms with Crippen molar-refractivity contribution in [2.45, 2.75) is 38.0 Å². The van der Waals surface area contributed by atoms with Crippen LogP contribution >= 0.6 is 0 Å². The summed E-state index contributed by atoms with van der Waals surface area (Å²) in [6.07, 6.45) is 4.95. The van der Waals surface area contributed by atoms with Crippen LogP contribution in [0.15, 0.2) is 30.5 Å². The number of aryl methyl sites for hydroxylation is 1. The van der Waals surface area contributed by atoms with E-state index < -0.39 is 0 Å². The van der Waals surface area contributed by atoms with E-state index in [2.05, 4.69) is 15.6 Å². The van der Waals surface area contributed by atoms with Gasteiger partial charge in [0.05, 0.1) is 31.9 Å². The topological polar surface area (TPSA) is 81.7 Å². The van der Waals surface area contributed by atoms with Gasteiger partial charge in [-0.1, -0.05) is 0 Å². The summed E-state index contributed by atoms with van der Waals surface area (Å²) in [7, 11) is 1.67. The summed E-state index contributed by atoms with van der Waals surface area (Å²) in [6.45, 7) is 2.80. The zero-order valence-corrected chi connectivity index (χ0v) is 16.9. The smallest absolute Gasteiger partial charge is 0.223 e. The second-order valence-corrected chi connectivity index (χ2v) is 7.72. The molecule has 2 saturated heterocycles. The number of carbonyl (C=O) groups excluding carboxylic acids is 1. The van der Waals surface area contributed by atoms with Gasteiger partial charge in [0.1, 0.15) is 5.75 Å². The number of carbonyl (C=O) groups is 1. The molecule has 1 aromatic carbocycles. The predicted octanol–water partition coefficient (Wildman–Crippen LogP) is 2.03. The van der Waals surface area contributed by atoms with Crippen LogP contribution in [0.4, 0.5) is 0 Å². The first-order valence-corrected chi connectivity index (χ1v) is 10.4. The minimum Gasteiger partial charge on any atom is -0.497 e. The number of methoxy groups -OCH3 is 1. The highest BCUT2D eigenvalue weighted by Crippen LogP contribution is 2.24. The van der Waals surface area contributed by atoms with Gasteiger partial charge in [0.25, 0.3) is 0 Å². The van der Waals surface area contributed by atoms with Crippen LogP contribution in [0.1, 0.15) is 24.8 Å². The normalized spacial score (nSPS) is 23.1. The van der Waals surface area contributed by atoms with Crippen molar-refractivity contribution >= 4 is 16.8 Å². The highest BCUT2D eigenvalue weighted by molar-refractivity contribution is 5.83. The van der Waals surface area contributed by atoms with Crippen molar-refractivity contribution in [3.63, 3.8) is 0 Å². The molecule has 29 heavy (non-hydrogen) atoms. The minimum atomic E-state index is -0.254. The Morgan fingerprint density at radius 2 is 2.03 bits per heavy atom. The number of rotatable bonds is 6. The molecule has 156 valence electrons. The lowest BCUT2D eigenvalue weighted by Crippen LogP contribution is -2.50. The highest BCUT2D eigenvalue weighted by Gasteiger charge is 2.27. The molecule has 0 atom stereocenters. The molecule has 2 fully saturated rings. The van der Waals surface area contributed by atoms with Crippen molar-refractivity contribution in [2.75, 3.05) is 33.4 Å². The van der Waals surface area contributed by atoms with Crippen LogP contribution in [0.25, 0.3) is 10.9 Å². The zero-order chi connectivity index (χ0) is 20.1. The maximum atomic E-state index is 12.4. The molecular formula is C22H29N3O4. The van der Waals surface area contributed by atoms with Crippen LogP contribution in [-0.4, -0.2) is 56.6 Å². The molecule has 7 nitrogen and oxygen atoms in total.